The third-order valence-electron chi connectivity index (χ3n) is 4.96. The van der Waals surface area contributed by atoms with Crippen molar-refractivity contribution in [2.75, 3.05) is 13.1 Å². The molecule has 1 heterocycles. The van der Waals surface area contributed by atoms with Crippen LogP contribution in [0.1, 0.15) is 47.2 Å². The first-order valence-corrected chi connectivity index (χ1v) is 10.7. The Morgan fingerprint density at radius 1 is 0.926 bits per heavy atom. The van der Waals surface area contributed by atoms with Crippen molar-refractivity contribution in [3.05, 3.63) is 59.2 Å². The number of carbonyl (C=O) groups is 1. The molecule has 0 amide bonds. The summed E-state index contributed by atoms with van der Waals surface area (Å²) in [6.07, 6.45) is 3.84. The first kappa shape index (κ1) is 19.6. The lowest BCUT2D eigenvalue weighted by molar-refractivity contribution is 0.0734. The van der Waals surface area contributed by atoms with Crippen LogP contribution in [0.25, 0.3) is 0 Å². The fraction of sp³-hybridized carbons (Fsp3) is 0.381. The van der Waals surface area contributed by atoms with Crippen molar-refractivity contribution in [1.82, 2.24) is 4.31 Å². The third-order valence-corrected chi connectivity index (χ3v) is 6.86. The van der Waals surface area contributed by atoms with Crippen LogP contribution in [-0.4, -0.2) is 31.8 Å². The minimum Gasteiger partial charge on any atom is -0.423 e. The quantitative estimate of drug-likeness (QED) is 0.586. The second-order valence-corrected chi connectivity index (χ2v) is 8.92. The van der Waals surface area contributed by atoms with E-state index in [2.05, 4.69) is 0 Å². The highest BCUT2D eigenvalue weighted by Crippen LogP contribution is 2.22. The Labute approximate surface area is 161 Å². The van der Waals surface area contributed by atoms with Gasteiger partial charge < -0.3 is 4.74 Å². The largest absolute Gasteiger partial charge is 0.423 e. The van der Waals surface area contributed by atoms with Gasteiger partial charge in [-0.05, 0) is 68.1 Å². The summed E-state index contributed by atoms with van der Waals surface area (Å²) in [4.78, 5) is 12.6. The molecule has 2 aromatic carbocycles. The van der Waals surface area contributed by atoms with Crippen molar-refractivity contribution in [3.8, 4) is 5.75 Å². The molecule has 0 aromatic heterocycles. The molecule has 0 spiro atoms. The summed E-state index contributed by atoms with van der Waals surface area (Å²) in [6, 6.07) is 11.5. The summed E-state index contributed by atoms with van der Waals surface area (Å²) in [5.74, 6) is -0.116. The average molecular weight is 388 g/mol. The molecular formula is C21H25NO4S. The molecule has 2 aromatic rings. The Bertz CT molecular complexity index is 929. The van der Waals surface area contributed by atoms with Crippen LogP contribution < -0.4 is 4.74 Å². The number of benzene rings is 2. The molecule has 0 radical (unpaired) electrons. The standard InChI is InChI=1S/C21H25NO4S/c1-16-10-11-19(14-17(16)2)26-21(23)18-8-7-9-20(15-18)27(24,25)22-12-5-3-4-6-13-22/h7-11,14-15H,3-6,12-13H2,1-2H3. The average Bonchev–Trinajstić information content (AvgIpc) is 2.95. The molecule has 27 heavy (non-hydrogen) atoms. The van der Waals surface area contributed by atoms with Gasteiger partial charge in [0.05, 0.1) is 10.5 Å². The summed E-state index contributed by atoms with van der Waals surface area (Å²) in [5, 5.41) is 0. The van der Waals surface area contributed by atoms with Crippen LogP contribution >= 0.6 is 0 Å². The van der Waals surface area contributed by atoms with Crippen LogP contribution in [0.15, 0.2) is 47.4 Å². The van der Waals surface area contributed by atoms with Gasteiger partial charge in [-0.15, -0.1) is 0 Å². The number of hydrogen-bond acceptors (Lipinski definition) is 4. The van der Waals surface area contributed by atoms with Gasteiger partial charge in [-0.3, -0.25) is 0 Å². The predicted octanol–water partition coefficient (Wildman–Crippen LogP) is 4.09. The van der Waals surface area contributed by atoms with E-state index in [0.29, 0.717) is 18.8 Å². The minimum atomic E-state index is -3.60. The predicted molar refractivity (Wildman–Crippen MR) is 105 cm³/mol. The van der Waals surface area contributed by atoms with Gasteiger partial charge in [0.1, 0.15) is 5.75 Å². The topological polar surface area (TPSA) is 63.7 Å². The molecule has 5 nitrogen and oxygen atoms in total. The zero-order valence-corrected chi connectivity index (χ0v) is 16.6. The first-order chi connectivity index (χ1) is 12.9. The van der Waals surface area contributed by atoms with E-state index in [1.54, 1.807) is 24.3 Å². The van der Waals surface area contributed by atoms with Crippen molar-refractivity contribution in [3.63, 3.8) is 0 Å². The molecule has 144 valence electrons. The molecule has 1 aliphatic heterocycles. The lowest BCUT2D eigenvalue weighted by atomic mass is 10.1. The second kappa shape index (κ2) is 8.23. The molecule has 1 fully saturated rings. The normalized spacial score (nSPS) is 15.9. The molecule has 0 aliphatic carbocycles. The number of esters is 1. The van der Waals surface area contributed by atoms with Crippen LogP contribution in [0.5, 0.6) is 5.75 Å². The van der Waals surface area contributed by atoms with Crippen LogP contribution in [0.2, 0.25) is 0 Å². The van der Waals surface area contributed by atoms with E-state index in [0.717, 1.165) is 36.8 Å². The molecule has 6 heteroatoms. The van der Waals surface area contributed by atoms with Crippen molar-refractivity contribution >= 4 is 16.0 Å². The maximum atomic E-state index is 12.9. The Morgan fingerprint density at radius 3 is 2.30 bits per heavy atom. The molecule has 0 bridgehead atoms. The van der Waals surface area contributed by atoms with E-state index in [4.69, 9.17) is 4.74 Å². The molecule has 0 unspecified atom stereocenters. The molecule has 1 aliphatic rings. The number of aryl methyl sites for hydroxylation is 2. The second-order valence-electron chi connectivity index (χ2n) is 6.98. The number of hydrogen-bond donors (Lipinski definition) is 0. The van der Waals surface area contributed by atoms with E-state index in [-0.39, 0.29) is 10.5 Å². The van der Waals surface area contributed by atoms with Gasteiger partial charge in [0.25, 0.3) is 0 Å². The Kier molecular flexibility index (Phi) is 5.97. The van der Waals surface area contributed by atoms with E-state index in [9.17, 15) is 13.2 Å². The van der Waals surface area contributed by atoms with Gasteiger partial charge >= 0.3 is 5.97 Å². The highest BCUT2D eigenvalue weighted by molar-refractivity contribution is 7.89. The monoisotopic (exact) mass is 387 g/mol. The van der Waals surface area contributed by atoms with Crippen molar-refractivity contribution in [2.24, 2.45) is 0 Å². The number of sulfonamides is 1. The van der Waals surface area contributed by atoms with Gasteiger partial charge in [0, 0.05) is 13.1 Å². The summed E-state index contributed by atoms with van der Waals surface area (Å²) >= 11 is 0. The lowest BCUT2D eigenvalue weighted by Crippen LogP contribution is -2.32. The summed E-state index contributed by atoms with van der Waals surface area (Å²) in [5.41, 5.74) is 2.36. The zero-order chi connectivity index (χ0) is 19.4. The molecule has 0 atom stereocenters. The van der Waals surface area contributed by atoms with Crippen molar-refractivity contribution in [2.45, 2.75) is 44.4 Å². The smallest absolute Gasteiger partial charge is 0.343 e. The van der Waals surface area contributed by atoms with Crippen LogP contribution in [0, 0.1) is 13.8 Å². The van der Waals surface area contributed by atoms with E-state index < -0.39 is 16.0 Å². The van der Waals surface area contributed by atoms with E-state index in [1.807, 2.05) is 19.9 Å². The van der Waals surface area contributed by atoms with Gasteiger partial charge in [-0.1, -0.05) is 25.0 Å². The van der Waals surface area contributed by atoms with Crippen LogP contribution in [0.3, 0.4) is 0 Å². The fourth-order valence-corrected chi connectivity index (χ4v) is 4.72. The molecule has 0 saturated carbocycles. The highest BCUT2D eigenvalue weighted by Gasteiger charge is 2.26. The first-order valence-electron chi connectivity index (χ1n) is 9.27. The van der Waals surface area contributed by atoms with Crippen LogP contribution in [0.4, 0.5) is 0 Å². The minimum absolute atomic E-state index is 0.138. The summed E-state index contributed by atoms with van der Waals surface area (Å²) in [7, 11) is -3.60. The lowest BCUT2D eigenvalue weighted by Gasteiger charge is -2.20. The number of ether oxygens (including phenoxy) is 1. The van der Waals surface area contributed by atoms with Crippen LogP contribution in [-0.2, 0) is 10.0 Å². The maximum Gasteiger partial charge on any atom is 0.343 e. The van der Waals surface area contributed by atoms with Gasteiger partial charge in [-0.2, -0.15) is 4.31 Å². The Balaban J connectivity index is 1.81. The van der Waals surface area contributed by atoms with E-state index in [1.165, 1.54) is 16.4 Å². The van der Waals surface area contributed by atoms with Crippen molar-refractivity contribution < 1.29 is 17.9 Å². The number of rotatable bonds is 4. The zero-order valence-electron chi connectivity index (χ0n) is 15.8. The van der Waals surface area contributed by atoms with Gasteiger partial charge in [0.15, 0.2) is 0 Å². The SMILES string of the molecule is Cc1ccc(OC(=O)c2cccc(S(=O)(=O)N3CCCCCC3)c2)cc1C. The summed E-state index contributed by atoms with van der Waals surface area (Å²) < 4.78 is 32.8. The molecule has 0 N–H and O–H groups in total. The maximum absolute atomic E-state index is 12.9. The van der Waals surface area contributed by atoms with E-state index >= 15 is 0 Å². The number of carbonyl (C=O) groups excluding carboxylic acids is 1. The third kappa shape index (κ3) is 4.57. The van der Waals surface area contributed by atoms with Gasteiger partial charge in [0.2, 0.25) is 10.0 Å². The summed E-state index contributed by atoms with van der Waals surface area (Å²) in [6.45, 7) is 4.98. The number of nitrogens with zero attached hydrogens (tertiary/aromatic N) is 1. The molecule has 1 saturated heterocycles. The molecule has 3 rings (SSSR count). The Hall–Kier alpha value is -2.18. The fourth-order valence-electron chi connectivity index (χ4n) is 3.16. The molecular weight excluding hydrogens is 362 g/mol. The highest BCUT2D eigenvalue weighted by atomic mass is 32.2. The Morgan fingerprint density at radius 2 is 1.63 bits per heavy atom. The van der Waals surface area contributed by atoms with Gasteiger partial charge in [-0.25, -0.2) is 13.2 Å². The van der Waals surface area contributed by atoms with Crippen molar-refractivity contribution in [1.29, 1.82) is 0 Å².